The Balaban J connectivity index is 3.67. The summed E-state index contributed by atoms with van der Waals surface area (Å²) in [4.78, 5) is 0. The second kappa shape index (κ2) is 10.2. The molecule has 1 atom stereocenters. The van der Waals surface area contributed by atoms with E-state index in [9.17, 15) is 0 Å². The van der Waals surface area contributed by atoms with Gasteiger partial charge in [0.05, 0.1) is 0 Å². The summed E-state index contributed by atoms with van der Waals surface area (Å²) in [6.07, 6.45) is 9.68. The summed E-state index contributed by atoms with van der Waals surface area (Å²) in [6.45, 7) is 11.8. The van der Waals surface area contributed by atoms with Gasteiger partial charge in [-0.2, -0.15) is 0 Å². The Morgan fingerprint density at radius 2 is 1.93 bits per heavy atom. The highest BCUT2D eigenvalue weighted by molar-refractivity contribution is 4.72. The molecule has 0 aliphatic heterocycles. The zero-order valence-corrected chi connectivity index (χ0v) is 10.9. The van der Waals surface area contributed by atoms with Gasteiger partial charge in [-0.1, -0.05) is 26.8 Å². The van der Waals surface area contributed by atoms with Crippen LogP contribution in [0.3, 0.4) is 0 Å². The summed E-state index contributed by atoms with van der Waals surface area (Å²) in [5, 5.41) is 3.65. The summed E-state index contributed by atoms with van der Waals surface area (Å²) >= 11 is 0. The minimum Gasteiger partial charge on any atom is -0.314 e. The number of rotatable bonds is 10. The van der Waals surface area contributed by atoms with E-state index >= 15 is 0 Å². The molecule has 0 rings (SSSR count). The largest absolute Gasteiger partial charge is 0.314 e. The van der Waals surface area contributed by atoms with Crippen molar-refractivity contribution in [1.29, 1.82) is 0 Å². The van der Waals surface area contributed by atoms with Crippen molar-refractivity contribution in [2.24, 2.45) is 5.92 Å². The molecule has 90 valence electrons. The third kappa shape index (κ3) is 9.99. The third-order valence-electron chi connectivity index (χ3n) is 2.74. The van der Waals surface area contributed by atoms with E-state index in [2.05, 4.69) is 32.7 Å². The molecule has 0 fully saturated rings. The molecule has 0 spiro atoms. The van der Waals surface area contributed by atoms with Crippen molar-refractivity contribution in [3.05, 3.63) is 12.7 Å². The normalized spacial score (nSPS) is 13.1. The second-order valence-electron chi connectivity index (χ2n) is 4.84. The smallest absolute Gasteiger partial charge is 0.00672 e. The average molecular weight is 211 g/mol. The first-order valence-electron chi connectivity index (χ1n) is 6.55. The first-order chi connectivity index (χ1) is 7.20. The van der Waals surface area contributed by atoms with E-state index in [0.717, 1.165) is 24.9 Å². The molecule has 0 bridgehead atoms. The predicted octanol–water partition coefficient (Wildman–Crippen LogP) is 4.15. The minimum absolute atomic E-state index is 0.729. The highest BCUT2D eigenvalue weighted by Crippen LogP contribution is 2.12. The van der Waals surface area contributed by atoms with Gasteiger partial charge in [-0.3, -0.25) is 0 Å². The van der Waals surface area contributed by atoms with Crippen LogP contribution in [0.1, 0.15) is 59.3 Å². The Labute approximate surface area is 96.3 Å². The Morgan fingerprint density at radius 1 is 1.20 bits per heavy atom. The van der Waals surface area contributed by atoms with Gasteiger partial charge in [0, 0.05) is 6.04 Å². The summed E-state index contributed by atoms with van der Waals surface area (Å²) in [7, 11) is 0. The van der Waals surface area contributed by atoms with Crippen LogP contribution in [-0.4, -0.2) is 12.6 Å². The zero-order valence-electron chi connectivity index (χ0n) is 10.9. The number of unbranched alkanes of at least 4 members (excludes halogenated alkanes) is 1. The molecule has 15 heavy (non-hydrogen) atoms. The molecule has 0 aromatic heterocycles. The molecule has 0 aromatic carbocycles. The van der Waals surface area contributed by atoms with Crippen molar-refractivity contribution in [1.82, 2.24) is 5.32 Å². The van der Waals surface area contributed by atoms with Gasteiger partial charge >= 0.3 is 0 Å². The van der Waals surface area contributed by atoms with Gasteiger partial charge in [-0.15, -0.1) is 6.58 Å². The van der Waals surface area contributed by atoms with Gasteiger partial charge in [0.1, 0.15) is 0 Å². The van der Waals surface area contributed by atoms with Crippen LogP contribution in [-0.2, 0) is 0 Å². The van der Waals surface area contributed by atoms with E-state index < -0.39 is 0 Å². The van der Waals surface area contributed by atoms with Crippen LogP contribution in [0.2, 0.25) is 0 Å². The molecule has 0 saturated carbocycles. The highest BCUT2D eigenvalue weighted by atomic mass is 14.9. The van der Waals surface area contributed by atoms with Crippen molar-refractivity contribution in [3.8, 4) is 0 Å². The maximum atomic E-state index is 3.77. The fourth-order valence-corrected chi connectivity index (χ4v) is 1.74. The zero-order chi connectivity index (χ0) is 11.5. The third-order valence-corrected chi connectivity index (χ3v) is 2.74. The quantitative estimate of drug-likeness (QED) is 0.423. The maximum absolute atomic E-state index is 3.77. The molecule has 1 N–H and O–H groups in total. The lowest BCUT2D eigenvalue weighted by atomic mass is 9.99. The first-order valence-corrected chi connectivity index (χ1v) is 6.55. The maximum Gasteiger partial charge on any atom is 0.00672 e. The monoisotopic (exact) mass is 211 g/mol. The summed E-state index contributed by atoms with van der Waals surface area (Å²) in [5.74, 6) is 0.829. The minimum atomic E-state index is 0.729. The predicted molar refractivity (Wildman–Crippen MR) is 70.2 cm³/mol. The van der Waals surface area contributed by atoms with Crippen LogP contribution in [0, 0.1) is 5.92 Å². The van der Waals surface area contributed by atoms with Gasteiger partial charge in [0.15, 0.2) is 0 Å². The lowest BCUT2D eigenvalue weighted by Gasteiger charge is -2.19. The van der Waals surface area contributed by atoms with Crippen LogP contribution in [0.4, 0.5) is 0 Å². The summed E-state index contributed by atoms with van der Waals surface area (Å²) < 4.78 is 0. The van der Waals surface area contributed by atoms with E-state index in [4.69, 9.17) is 0 Å². The molecule has 1 heteroatoms. The Kier molecular flexibility index (Phi) is 10.0. The molecular weight excluding hydrogens is 182 g/mol. The molecule has 0 radical (unpaired) electrons. The van der Waals surface area contributed by atoms with E-state index in [1.807, 2.05) is 6.08 Å². The molecule has 0 aliphatic carbocycles. The number of allylic oxidation sites excluding steroid dienone is 1. The van der Waals surface area contributed by atoms with Crippen molar-refractivity contribution < 1.29 is 0 Å². The first kappa shape index (κ1) is 14.7. The summed E-state index contributed by atoms with van der Waals surface area (Å²) in [5.41, 5.74) is 0. The molecular formula is C14H29N. The standard InChI is InChI=1S/C14H29N/c1-5-7-8-9-14(15-12-6-2)11-10-13(3)4/h5,13-15H,1,6-12H2,2-4H3. The fourth-order valence-electron chi connectivity index (χ4n) is 1.74. The summed E-state index contributed by atoms with van der Waals surface area (Å²) in [6, 6.07) is 0.729. The molecule has 1 unspecified atom stereocenters. The van der Waals surface area contributed by atoms with Gasteiger partial charge in [-0.05, 0) is 51.0 Å². The van der Waals surface area contributed by atoms with Crippen LogP contribution >= 0.6 is 0 Å². The average Bonchev–Trinajstić information content (AvgIpc) is 2.21. The lowest BCUT2D eigenvalue weighted by molar-refractivity contribution is 0.403. The van der Waals surface area contributed by atoms with E-state index in [0.29, 0.717) is 0 Å². The van der Waals surface area contributed by atoms with Crippen molar-refractivity contribution in [2.75, 3.05) is 6.54 Å². The Morgan fingerprint density at radius 3 is 2.47 bits per heavy atom. The van der Waals surface area contributed by atoms with Crippen LogP contribution in [0.15, 0.2) is 12.7 Å². The van der Waals surface area contributed by atoms with Gasteiger partial charge in [-0.25, -0.2) is 0 Å². The van der Waals surface area contributed by atoms with Crippen molar-refractivity contribution in [2.45, 2.75) is 65.3 Å². The molecule has 0 amide bonds. The molecule has 0 aromatic rings. The van der Waals surface area contributed by atoms with E-state index in [1.165, 1.54) is 32.1 Å². The van der Waals surface area contributed by atoms with Crippen molar-refractivity contribution >= 4 is 0 Å². The van der Waals surface area contributed by atoms with Crippen molar-refractivity contribution in [3.63, 3.8) is 0 Å². The molecule has 0 aliphatic rings. The number of hydrogen-bond donors (Lipinski definition) is 1. The fraction of sp³-hybridized carbons (Fsp3) is 0.857. The molecule has 1 nitrogen and oxygen atoms in total. The SMILES string of the molecule is C=CCCCC(CCC(C)C)NCCC. The van der Waals surface area contributed by atoms with Crippen LogP contribution in [0.5, 0.6) is 0 Å². The van der Waals surface area contributed by atoms with E-state index in [1.54, 1.807) is 0 Å². The second-order valence-corrected chi connectivity index (χ2v) is 4.84. The topological polar surface area (TPSA) is 12.0 Å². The lowest BCUT2D eigenvalue weighted by Crippen LogP contribution is -2.30. The Hall–Kier alpha value is -0.300. The van der Waals surface area contributed by atoms with Gasteiger partial charge in [0.2, 0.25) is 0 Å². The molecule has 0 saturated heterocycles. The van der Waals surface area contributed by atoms with Crippen LogP contribution < -0.4 is 5.32 Å². The highest BCUT2D eigenvalue weighted by Gasteiger charge is 2.07. The van der Waals surface area contributed by atoms with Gasteiger partial charge in [0.25, 0.3) is 0 Å². The van der Waals surface area contributed by atoms with E-state index in [-0.39, 0.29) is 0 Å². The van der Waals surface area contributed by atoms with Crippen LogP contribution in [0.25, 0.3) is 0 Å². The number of nitrogens with one attached hydrogen (secondary N) is 1. The Bertz CT molecular complexity index is 140. The van der Waals surface area contributed by atoms with Gasteiger partial charge < -0.3 is 5.32 Å². The molecule has 0 heterocycles. The number of hydrogen-bond acceptors (Lipinski definition) is 1.